The number of hydrogen-bond donors (Lipinski definition) is 0. The van der Waals surface area contributed by atoms with Gasteiger partial charge in [-0.05, 0) is 38.5 Å². The van der Waals surface area contributed by atoms with Crippen LogP contribution in [0.2, 0.25) is 0 Å². The van der Waals surface area contributed by atoms with Gasteiger partial charge >= 0.3 is 12.3 Å². The first kappa shape index (κ1) is 18.6. The van der Waals surface area contributed by atoms with Gasteiger partial charge in [-0.25, -0.2) is 4.79 Å². The van der Waals surface area contributed by atoms with E-state index in [2.05, 4.69) is 4.90 Å². The number of benzene rings is 1. The molecule has 1 aliphatic heterocycles. The Morgan fingerprint density at radius 2 is 1.58 bits per heavy atom. The minimum Gasteiger partial charge on any atom is -0.444 e. The van der Waals surface area contributed by atoms with Crippen LogP contribution in [-0.4, -0.2) is 47.7 Å². The van der Waals surface area contributed by atoms with Crippen molar-refractivity contribution in [3.8, 4) is 0 Å². The number of carbonyl (C=O) groups is 1. The minimum absolute atomic E-state index is 0.323. The molecule has 0 radical (unpaired) electrons. The lowest BCUT2D eigenvalue weighted by atomic mass is 10.1. The maximum atomic E-state index is 12.6. The van der Waals surface area contributed by atoms with Crippen molar-refractivity contribution in [1.82, 2.24) is 9.80 Å². The van der Waals surface area contributed by atoms with Crippen molar-refractivity contribution in [2.24, 2.45) is 0 Å². The highest BCUT2D eigenvalue weighted by atomic mass is 19.4. The summed E-state index contributed by atoms with van der Waals surface area (Å²) in [5, 5.41) is 0. The van der Waals surface area contributed by atoms with Crippen LogP contribution in [0.25, 0.3) is 0 Å². The predicted molar refractivity (Wildman–Crippen MR) is 84.5 cm³/mol. The van der Waals surface area contributed by atoms with Crippen molar-refractivity contribution >= 4 is 6.09 Å². The maximum Gasteiger partial charge on any atom is 0.416 e. The molecule has 0 aromatic heterocycles. The summed E-state index contributed by atoms with van der Waals surface area (Å²) in [5.41, 5.74) is -0.330. The molecule has 0 spiro atoms. The lowest BCUT2D eigenvalue weighted by molar-refractivity contribution is -0.137. The summed E-state index contributed by atoms with van der Waals surface area (Å²) in [4.78, 5) is 15.8. The van der Waals surface area contributed by atoms with E-state index in [1.807, 2.05) is 20.8 Å². The van der Waals surface area contributed by atoms with Gasteiger partial charge in [0.05, 0.1) is 5.56 Å². The Labute approximate surface area is 140 Å². The summed E-state index contributed by atoms with van der Waals surface area (Å²) >= 11 is 0. The minimum atomic E-state index is -4.31. The van der Waals surface area contributed by atoms with Gasteiger partial charge in [0.2, 0.25) is 0 Å². The molecule has 1 aromatic rings. The molecule has 1 saturated heterocycles. The third-order valence-electron chi connectivity index (χ3n) is 3.71. The molecule has 24 heavy (non-hydrogen) atoms. The van der Waals surface area contributed by atoms with Gasteiger partial charge in [0.15, 0.2) is 0 Å². The SMILES string of the molecule is CC(C)(C)OC(=O)N1CCN(Cc2ccc(C(F)(F)F)cc2)CC1. The Morgan fingerprint density at radius 1 is 1.04 bits per heavy atom. The van der Waals surface area contributed by atoms with E-state index in [9.17, 15) is 18.0 Å². The van der Waals surface area contributed by atoms with Crippen LogP contribution in [0.1, 0.15) is 31.9 Å². The summed E-state index contributed by atoms with van der Waals surface area (Å²) in [6, 6.07) is 5.21. The number of nitrogens with zero attached hydrogens (tertiary/aromatic N) is 2. The van der Waals surface area contributed by atoms with Crippen LogP contribution < -0.4 is 0 Å². The average molecular weight is 344 g/mol. The smallest absolute Gasteiger partial charge is 0.416 e. The van der Waals surface area contributed by atoms with Gasteiger partial charge in [-0.2, -0.15) is 13.2 Å². The van der Waals surface area contributed by atoms with Crippen molar-refractivity contribution < 1.29 is 22.7 Å². The molecular formula is C17H23F3N2O2. The first-order valence-corrected chi connectivity index (χ1v) is 7.91. The van der Waals surface area contributed by atoms with Gasteiger partial charge in [0.1, 0.15) is 5.60 Å². The highest BCUT2D eigenvalue weighted by Crippen LogP contribution is 2.29. The molecule has 0 aliphatic carbocycles. The van der Waals surface area contributed by atoms with Crippen molar-refractivity contribution in [2.45, 2.75) is 39.1 Å². The van der Waals surface area contributed by atoms with Crippen LogP contribution in [0.5, 0.6) is 0 Å². The number of halogens is 3. The van der Waals surface area contributed by atoms with Crippen molar-refractivity contribution in [2.75, 3.05) is 26.2 Å². The fourth-order valence-corrected chi connectivity index (χ4v) is 2.47. The van der Waals surface area contributed by atoms with Crippen LogP contribution in [-0.2, 0) is 17.5 Å². The summed E-state index contributed by atoms with van der Waals surface area (Å²) in [5.74, 6) is 0. The van der Waals surface area contributed by atoms with Gasteiger partial charge in [-0.15, -0.1) is 0 Å². The third-order valence-corrected chi connectivity index (χ3v) is 3.71. The Balaban J connectivity index is 1.84. The van der Waals surface area contributed by atoms with E-state index < -0.39 is 17.3 Å². The number of carbonyl (C=O) groups excluding carboxylic acids is 1. The molecule has 1 aromatic carbocycles. The normalized spacial score (nSPS) is 17.0. The van der Waals surface area contributed by atoms with E-state index in [0.29, 0.717) is 32.7 Å². The molecule has 0 bridgehead atoms. The van der Waals surface area contributed by atoms with Crippen molar-refractivity contribution in [1.29, 1.82) is 0 Å². The van der Waals surface area contributed by atoms with Crippen LogP contribution in [0.15, 0.2) is 24.3 Å². The van der Waals surface area contributed by atoms with Crippen molar-refractivity contribution in [3.63, 3.8) is 0 Å². The molecule has 1 heterocycles. The zero-order valence-corrected chi connectivity index (χ0v) is 14.2. The van der Waals surface area contributed by atoms with E-state index in [4.69, 9.17) is 4.74 Å². The van der Waals surface area contributed by atoms with Gasteiger partial charge in [-0.3, -0.25) is 4.90 Å². The Hall–Kier alpha value is -1.76. The quantitative estimate of drug-likeness (QED) is 0.819. The summed E-state index contributed by atoms with van der Waals surface area (Å²) in [7, 11) is 0. The number of hydrogen-bond acceptors (Lipinski definition) is 3. The molecule has 4 nitrogen and oxygen atoms in total. The first-order chi connectivity index (χ1) is 11.0. The fraction of sp³-hybridized carbons (Fsp3) is 0.588. The second-order valence-electron chi connectivity index (χ2n) is 6.94. The molecule has 0 unspecified atom stereocenters. The lowest BCUT2D eigenvalue weighted by Crippen LogP contribution is -2.49. The summed E-state index contributed by atoms with van der Waals surface area (Å²) < 4.78 is 43.0. The van der Waals surface area contributed by atoms with Crippen LogP contribution in [0.4, 0.5) is 18.0 Å². The molecule has 0 atom stereocenters. The molecule has 1 amide bonds. The monoisotopic (exact) mass is 344 g/mol. The van der Waals surface area contributed by atoms with E-state index in [-0.39, 0.29) is 6.09 Å². The lowest BCUT2D eigenvalue weighted by Gasteiger charge is -2.35. The van der Waals surface area contributed by atoms with Crippen molar-refractivity contribution in [3.05, 3.63) is 35.4 Å². The number of amides is 1. The topological polar surface area (TPSA) is 32.8 Å². The van der Waals surface area contributed by atoms with Gasteiger partial charge in [0.25, 0.3) is 0 Å². The Morgan fingerprint density at radius 3 is 2.04 bits per heavy atom. The Bertz CT molecular complexity index is 557. The van der Waals surface area contributed by atoms with Gasteiger partial charge < -0.3 is 9.64 Å². The summed E-state index contributed by atoms with van der Waals surface area (Å²) in [6.45, 7) is 8.48. The van der Waals surface area contributed by atoms with E-state index in [1.165, 1.54) is 12.1 Å². The molecule has 134 valence electrons. The molecule has 0 N–H and O–H groups in total. The highest BCUT2D eigenvalue weighted by Gasteiger charge is 2.30. The molecule has 1 fully saturated rings. The van der Waals surface area contributed by atoms with E-state index >= 15 is 0 Å². The largest absolute Gasteiger partial charge is 0.444 e. The Kier molecular flexibility index (Phi) is 5.42. The van der Waals surface area contributed by atoms with E-state index in [1.54, 1.807) is 4.90 Å². The first-order valence-electron chi connectivity index (χ1n) is 7.91. The van der Waals surface area contributed by atoms with E-state index in [0.717, 1.165) is 17.7 Å². The highest BCUT2D eigenvalue weighted by molar-refractivity contribution is 5.68. The standard InChI is InChI=1S/C17H23F3N2O2/c1-16(2,3)24-15(23)22-10-8-21(9-11-22)12-13-4-6-14(7-5-13)17(18,19)20/h4-7H,8-12H2,1-3H3. The molecule has 0 saturated carbocycles. The molecular weight excluding hydrogens is 321 g/mol. The molecule has 1 aliphatic rings. The van der Waals surface area contributed by atoms with Crippen LogP contribution in [0, 0.1) is 0 Å². The fourth-order valence-electron chi connectivity index (χ4n) is 2.47. The second-order valence-corrected chi connectivity index (χ2v) is 6.94. The number of alkyl halides is 3. The molecule has 7 heteroatoms. The molecule has 2 rings (SSSR count). The average Bonchev–Trinajstić information content (AvgIpc) is 2.46. The van der Waals surface area contributed by atoms with Gasteiger partial charge in [-0.1, -0.05) is 12.1 Å². The predicted octanol–water partition coefficient (Wildman–Crippen LogP) is 3.76. The number of rotatable bonds is 2. The number of ether oxygens (including phenoxy) is 1. The second kappa shape index (κ2) is 7.01. The third kappa shape index (κ3) is 5.40. The van der Waals surface area contributed by atoms with Crippen LogP contribution >= 0.6 is 0 Å². The zero-order chi connectivity index (χ0) is 18.0. The number of piperazine rings is 1. The maximum absolute atomic E-state index is 12.6. The van der Waals surface area contributed by atoms with Crippen LogP contribution in [0.3, 0.4) is 0 Å². The summed E-state index contributed by atoms with van der Waals surface area (Å²) in [6.07, 6.45) is -4.63. The zero-order valence-electron chi connectivity index (χ0n) is 14.2. The van der Waals surface area contributed by atoms with Gasteiger partial charge in [0, 0.05) is 32.7 Å².